The van der Waals surface area contributed by atoms with Gasteiger partial charge in [-0.1, -0.05) is 72.8 Å². The van der Waals surface area contributed by atoms with Crippen molar-refractivity contribution in [3.8, 4) is 0 Å². The van der Waals surface area contributed by atoms with Gasteiger partial charge in [-0.2, -0.15) is 0 Å². The number of benzene rings is 3. The van der Waals surface area contributed by atoms with Gasteiger partial charge in [0.25, 0.3) is 5.91 Å². The highest BCUT2D eigenvalue weighted by atomic mass is 16.2. The molecule has 1 saturated heterocycles. The minimum absolute atomic E-state index is 0.0385. The normalized spacial score (nSPS) is 19.7. The summed E-state index contributed by atoms with van der Waals surface area (Å²) in [6, 6.07) is 25.7. The number of anilines is 1. The molecule has 1 aliphatic rings. The summed E-state index contributed by atoms with van der Waals surface area (Å²) in [6.45, 7) is 9.17. The predicted octanol–water partition coefficient (Wildman–Crippen LogP) is 6.19. The zero-order chi connectivity index (χ0) is 28.2. The molecular formula is C32H38N4O3. The molecule has 3 atom stereocenters. The fourth-order valence-electron chi connectivity index (χ4n) is 5.47. The lowest BCUT2D eigenvalue weighted by Gasteiger charge is -2.47. The van der Waals surface area contributed by atoms with Crippen LogP contribution in [0.15, 0.2) is 84.9 Å². The predicted molar refractivity (Wildman–Crippen MR) is 154 cm³/mol. The number of hydrazine groups is 1. The second-order valence-electron chi connectivity index (χ2n) is 11.2. The van der Waals surface area contributed by atoms with E-state index in [0.29, 0.717) is 18.5 Å². The van der Waals surface area contributed by atoms with Crippen molar-refractivity contribution in [2.45, 2.75) is 71.0 Å². The van der Waals surface area contributed by atoms with Gasteiger partial charge in [0, 0.05) is 12.6 Å². The van der Waals surface area contributed by atoms with Crippen LogP contribution in [0.1, 0.15) is 69.2 Å². The molecule has 0 saturated carbocycles. The number of amides is 4. The number of urea groups is 1. The zero-order valence-corrected chi connectivity index (χ0v) is 23.3. The first-order chi connectivity index (χ1) is 18.5. The van der Waals surface area contributed by atoms with Crippen molar-refractivity contribution in [1.29, 1.82) is 0 Å². The molecule has 0 bridgehead atoms. The Morgan fingerprint density at radius 2 is 1.49 bits per heavy atom. The molecule has 2 N–H and O–H groups in total. The third kappa shape index (κ3) is 6.66. The lowest BCUT2D eigenvalue weighted by molar-refractivity contribution is -0.181. The number of carbonyl (C=O) groups is 3. The fourth-order valence-corrected chi connectivity index (χ4v) is 5.47. The van der Waals surface area contributed by atoms with Crippen LogP contribution in [0.25, 0.3) is 0 Å². The van der Waals surface area contributed by atoms with Gasteiger partial charge in [-0.15, -0.1) is 0 Å². The van der Waals surface area contributed by atoms with Crippen LogP contribution in [-0.2, 0) is 9.59 Å². The van der Waals surface area contributed by atoms with E-state index in [0.717, 1.165) is 16.7 Å². The maximum absolute atomic E-state index is 14.4. The van der Waals surface area contributed by atoms with Crippen molar-refractivity contribution >= 4 is 23.5 Å². The molecule has 3 aromatic rings. The number of hydrogen-bond acceptors (Lipinski definition) is 3. The summed E-state index contributed by atoms with van der Waals surface area (Å²) < 4.78 is 0. The standard InChI is InChI=1S/C32H38N4O3/c1-22-13-12-18-27(19-22)33-31(39)34-28-20-26(24-14-8-6-9-15-24)21-29(25-16-10-7-11-17-25)35(30(28)38)36(23(2)37)32(3,4)5/h6-19,26,28-29H,20-21H2,1-5H3,(H2,33,34,39). The van der Waals surface area contributed by atoms with Gasteiger partial charge in [-0.05, 0) is 75.3 Å². The maximum Gasteiger partial charge on any atom is 0.319 e. The largest absolute Gasteiger partial charge is 0.326 e. The number of aryl methyl sites for hydroxylation is 1. The number of rotatable bonds is 5. The summed E-state index contributed by atoms with van der Waals surface area (Å²) >= 11 is 0. The molecular weight excluding hydrogens is 488 g/mol. The van der Waals surface area contributed by atoms with E-state index in [4.69, 9.17) is 0 Å². The maximum atomic E-state index is 14.4. The van der Waals surface area contributed by atoms with Crippen LogP contribution in [0.3, 0.4) is 0 Å². The molecule has 3 aromatic carbocycles. The van der Waals surface area contributed by atoms with Crippen LogP contribution in [0, 0.1) is 6.92 Å². The van der Waals surface area contributed by atoms with E-state index in [2.05, 4.69) is 22.8 Å². The van der Waals surface area contributed by atoms with Crippen molar-refractivity contribution in [3.05, 3.63) is 102 Å². The van der Waals surface area contributed by atoms with E-state index in [1.165, 1.54) is 6.92 Å². The quantitative estimate of drug-likeness (QED) is 0.416. The molecule has 4 amide bonds. The summed E-state index contributed by atoms with van der Waals surface area (Å²) in [6.07, 6.45) is 0.997. The third-order valence-electron chi connectivity index (χ3n) is 7.03. The van der Waals surface area contributed by atoms with Crippen molar-refractivity contribution < 1.29 is 14.4 Å². The van der Waals surface area contributed by atoms with E-state index < -0.39 is 23.7 Å². The van der Waals surface area contributed by atoms with Gasteiger partial charge in [-0.25, -0.2) is 14.8 Å². The van der Waals surface area contributed by atoms with Crippen molar-refractivity contribution in [2.24, 2.45) is 0 Å². The molecule has 7 nitrogen and oxygen atoms in total. The van der Waals surface area contributed by atoms with Gasteiger partial charge < -0.3 is 10.6 Å². The zero-order valence-electron chi connectivity index (χ0n) is 23.3. The van der Waals surface area contributed by atoms with Gasteiger partial charge in [0.15, 0.2) is 0 Å². The highest BCUT2D eigenvalue weighted by Gasteiger charge is 2.45. The highest BCUT2D eigenvalue weighted by molar-refractivity contribution is 5.94. The number of carbonyl (C=O) groups excluding carboxylic acids is 3. The van der Waals surface area contributed by atoms with Crippen LogP contribution < -0.4 is 10.6 Å². The molecule has 39 heavy (non-hydrogen) atoms. The lowest BCUT2D eigenvalue weighted by atomic mass is 9.86. The molecule has 204 valence electrons. The van der Waals surface area contributed by atoms with E-state index in [1.54, 1.807) is 10.0 Å². The first-order valence-electron chi connectivity index (χ1n) is 13.4. The Hall–Kier alpha value is -4.13. The highest BCUT2D eigenvalue weighted by Crippen LogP contribution is 2.41. The average molecular weight is 527 g/mol. The Balaban J connectivity index is 1.78. The molecule has 1 aliphatic heterocycles. The van der Waals surface area contributed by atoms with Crippen LogP contribution >= 0.6 is 0 Å². The molecule has 0 aromatic heterocycles. The molecule has 3 unspecified atom stereocenters. The monoisotopic (exact) mass is 526 g/mol. The third-order valence-corrected chi connectivity index (χ3v) is 7.03. The van der Waals surface area contributed by atoms with Gasteiger partial charge in [-0.3, -0.25) is 9.59 Å². The smallest absolute Gasteiger partial charge is 0.319 e. The summed E-state index contributed by atoms with van der Waals surface area (Å²) in [5, 5.41) is 8.95. The topological polar surface area (TPSA) is 81.8 Å². The fraction of sp³-hybridized carbons (Fsp3) is 0.344. The van der Waals surface area contributed by atoms with Crippen LogP contribution in [0.4, 0.5) is 10.5 Å². The van der Waals surface area contributed by atoms with E-state index in [-0.39, 0.29) is 17.7 Å². The number of nitrogens with zero attached hydrogens (tertiary/aromatic N) is 2. The second kappa shape index (κ2) is 11.7. The Bertz CT molecular complexity index is 1300. The number of nitrogens with one attached hydrogen (secondary N) is 2. The van der Waals surface area contributed by atoms with Crippen LogP contribution in [0.2, 0.25) is 0 Å². The average Bonchev–Trinajstić information content (AvgIpc) is 3.01. The summed E-state index contributed by atoms with van der Waals surface area (Å²) in [5.41, 5.74) is 3.01. The van der Waals surface area contributed by atoms with E-state index in [9.17, 15) is 14.4 Å². The lowest BCUT2D eigenvalue weighted by Crippen LogP contribution is -2.61. The van der Waals surface area contributed by atoms with Crippen LogP contribution in [0.5, 0.6) is 0 Å². The van der Waals surface area contributed by atoms with E-state index in [1.807, 2.05) is 100 Å². The van der Waals surface area contributed by atoms with Gasteiger partial charge in [0.1, 0.15) is 6.04 Å². The Morgan fingerprint density at radius 1 is 0.872 bits per heavy atom. The molecule has 0 radical (unpaired) electrons. The molecule has 0 aliphatic carbocycles. The van der Waals surface area contributed by atoms with Crippen molar-refractivity contribution in [3.63, 3.8) is 0 Å². The molecule has 7 heteroatoms. The van der Waals surface area contributed by atoms with Gasteiger partial charge in [0.2, 0.25) is 5.91 Å². The minimum atomic E-state index is -0.849. The molecule has 0 spiro atoms. The molecule has 1 heterocycles. The molecule has 1 fully saturated rings. The van der Waals surface area contributed by atoms with E-state index >= 15 is 0 Å². The molecule has 4 rings (SSSR count). The number of hydrogen-bond donors (Lipinski definition) is 2. The van der Waals surface area contributed by atoms with Gasteiger partial charge in [0.05, 0.1) is 11.6 Å². The van der Waals surface area contributed by atoms with Gasteiger partial charge >= 0.3 is 6.03 Å². The SMILES string of the molecule is CC(=O)N(N1C(=O)C(NC(=O)Nc2cccc(C)c2)CC(c2ccccc2)CC1c1ccccc1)C(C)(C)C. The van der Waals surface area contributed by atoms with Crippen LogP contribution in [-0.4, -0.2) is 39.4 Å². The first kappa shape index (κ1) is 27.9. The minimum Gasteiger partial charge on any atom is -0.326 e. The Morgan fingerprint density at radius 3 is 2.05 bits per heavy atom. The summed E-state index contributed by atoms with van der Waals surface area (Å²) in [7, 11) is 0. The second-order valence-corrected chi connectivity index (χ2v) is 11.2. The summed E-state index contributed by atoms with van der Waals surface area (Å²) in [5.74, 6) is -0.590. The first-order valence-corrected chi connectivity index (χ1v) is 13.4. The summed E-state index contributed by atoms with van der Waals surface area (Å²) in [4.78, 5) is 40.7. The van der Waals surface area contributed by atoms with Crippen molar-refractivity contribution in [2.75, 3.05) is 5.32 Å². The Kier molecular flexibility index (Phi) is 8.38. The van der Waals surface area contributed by atoms with Crippen molar-refractivity contribution in [1.82, 2.24) is 15.3 Å². The Labute approximate surface area is 231 Å².